The number of carbonyl (C=O) groups excluding carboxylic acids is 1. The number of rotatable bonds is 5. The molecule has 2 aliphatic heterocycles. The third-order valence-electron chi connectivity index (χ3n) is 6.48. The first-order chi connectivity index (χ1) is 17.8. The first-order valence-electron chi connectivity index (χ1n) is 11.9. The number of carboxylic acids is 1. The molecular weight excluding hydrogens is 484 g/mol. The second-order valence-electron chi connectivity index (χ2n) is 8.96. The molecule has 4 aliphatic rings. The standard InChI is InChI=1S/C26H26N2O9/c29-20-21(30)23(25(33)34)36-26(22(20)31)37-28-24(32)14-11-9-13(10-12-14)19-15-5-1-3-7-17(15)35-18-8-4-2-6-16(18)27-19/h3-4,7-12,20-23,26,29-31H,1-2,5-6H2,(H,28,32)(H,33,34). The van der Waals surface area contributed by atoms with Crippen LogP contribution in [-0.2, 0) is 19.1 Å². The molecule has 2 heterocycles. The predicted octanol–water partition coefficient (Wildman–Crippen LogP) is 1.23. The third kappa shape index (κ3) is 4.99. The van der Waals surface area contributed by atoms with Gasteiger partial charge in [-0.15, -0.1) is 0 Å². The molecule has 0 spiro atoms. The van der Waals surface area contributed by atoms with Crippen LogP contribution in [0.3, 0.4) is 0 Å². The van der Waals surface area contributed by atoms with Crippen molar-refractivity contribution in [3.8, 4) is 0 Å². The Kier molecular flexibility index (Phi) is 7.04. The summed E-state index contributed by atoms with van der Waals surface area (Å²) in [5, 5.41) is 38.8. The lowest BCUT2D eigenvalue weighted by Gasteiger charge is -2.37. The number of aliphatic carboxylic acids is 1. The lowest BCUT2D eigenvalue weighted by atomic mass is 9.93. The Morgan fingerprint density at radius 1 is 0.946 bits per heavy atom. The van der Waals surface area contributed by atoms with Crippen LogP contribution in [0.1, 0.15) is 41.6 Å². The molecule has 0 saturated carbocycles. The number of carbonyl (C=O) groups is 2. The van der Waals surface area contributed by atoms with E-state index in [0.29, 0.717) is 0 Å². The number of hydrogen-bond acceptors (Lipinski definition) is 9. The Bertz CT molecular complexity index is 1250. The Hall–Kier alpha value is -3.61. The lowest BCUT2D eigenvalue weighted by Crippen LogP contribution is -2.61. The van der Waals surface area contributed by atoms with Crippen molar-refractivity contribution in [3.63, 3.8) is 0 Å². The molecular formula is C26H26N2O9. The number of carboxylic acid groups (broad SMARTS) is 1. The molecule has 1 aromatic carbocycles. The zero-order chi connectivity index (χ0) is 26.1. The summed E-state index contributed by atoms with van der Waals surface area (Å²) in [5.41, 5.74) is 5.76. The number of aliphatic hydroxyl groups is 3. The number of aliphatic hydroxyl groups excluding tert-OH is 3. The van der Waals surface area contributed by atoms with Gasteiger partial charge < -0.3 is 29.9 Å². The summed E-state index contributed by atoms with van der Waals surface area (Å²) in [4.78, 5) is 33.8. The molecule has 5 unspecified atom stereocenters. The van der Waals surface area contributed by atoms with Gasteiger partial charge in [-0.05, 0) is 50.0 Å². The van der Waals surface area contributed by atoms with Crippen LogP contribution in [0.25, 0.3) is 0 Å². The van der Waals surface area contributed by atoms with Crippen molar-refractivity contribution in [1.82, 2.24) is 5.48 Å². The van der Waals surface area contributed by atoms with Gasteiger partial charge in [0.25, 0.3) is 5.91 Å². The maximum Gasteiger partial charge on any atom is 0.335 e. The van der Waals surface area contributed by atoms with Gasteiger partial charge in [-0.3, -0.25) is 4.79 Å². The van der Waals surface area contributed by atoms with E-state index in [1.165, 1.54) is 0 Å². The first-order valence-corrected chi connectivity index (χ1v) is 11.9. The summed E-state index contributed by atoms with van der Waals surface area (Å²) in [7, 11) is 0. The number of hydrogen-bond donors (Lipinski definition) is 5. The zero-order valence-electron chi connectivity index (χ0n) is 19.6. The van der Waals surface area contributed by atoms with Crippen LogP contribution in [0.5, 0.6) is 0 Å². The molecule has 5 atom stereocenters. The summed E-state index contributed by atoms with van der Waals surface area (Å²) < 4.78 is 11.1. The highest BCUT2D eigenvalue weighted by Gasteiger charge is 2.48. The third-order valence-corrected chi connectivity index (χ3v) is 6.48. The zero-order valence-corrected chi connectivity index (χ0v) is 19.6. The summed E-state index contributed by atoms with van der Waals surface area (Å²) >= 11 is 0. The molecule has 37 heavy (non-hydrogen) atoms. The predicted molar refractivity (Wildman–Crippen MR) is 128 cm³/mol. The molecule has 0 radical (unpaired) electrons. The van der Waals surface area contributed by atoms with Crippen molar-refractivity contribution in [3.05, 3.63) is 82.5 Å². The van der Waals surface area contributed by atoms with Gasteiger partial charge in [0.2, 0.25) is 6.29 Å². The minimum Gasteiger partial charge on any atom is -0.479 e. The average Bonchev–Trinajstić information content (AvgIpc) is 3.08. The fourth-order valence-corrected chi connectivity index (χ4v) is 4.47. The molecule has 11 nitrogen and oxygen atoms in total. The highest BCUT2D eigenvalue weighted by Crippen LogP contribution is 2.34. The topological polar surface area (TPSA) is 167 Å². The van der Waals surface area contributed by atoms with Gasteiger partial charge in [0, 0.05) is 16.7 Å². The Morgan fingerprint density at radius 3 is 2.38 bits per heavy atom. The first kappa shape index (κ1) is 25.1. The van der Waals surface area contributed by atoms with Crippen LogP contribution >= 0.6 is 0 Å². The van der Waals surface area contributed by atoms with Crippen molar-refractivity contribution >= 4 is 17.6 Å². The molecule has 2 aliphatic carbocycles. The smallest absolute Gasteiger partial charge is 0.335 e. The molecule has 1 saturated heterocycles. The second-order valence-corrected chi connectivity index (χ2v) is 8.96. The van der Waals surface area contributed by atoms with Crippen LogP contribution in [0.2, 0.25) is 0 Å². The molecule has 11 heteroatoms. The van der Waals surface area contributed by atoms with E-state index in [4.69, 9.17) is 24.4 Å². The van der Waals surface area contributed by atoms with Crippen molar-refractivity contribution in [1.29, 1.82) is 0 Å². The van der Waals surface area contributed by atoms with Crippen LogP contribution in [0, 0.1) is 0 Å². The van der Waals surface area contributed by atoms with E-state index >= 15 is 0 Å². The summed E-state index contributed by atoms with van der Waals surface area (Å²) in [6.07, 6.45) is 2.26. The Balaban J connectivity index is 1.31. The molecule has 5 rings (SSSR count). The fourth-order valence-electron chi connectivity index (χ4n) is 4.47. The minimum absolute atomic E-state index is 0.216. The van der Waals surface area contributed by atoms with Gasteiger partial charge in [-0.2, -0.15) is 0 Å². The quantitative estimate of drug-likeness (QED) is 0.366. The highest BCUT2D eigenvalue weighted by atomic mass is 16.8. The highest BCUT2D eigenvalue weighted by molar-refractivity contribution is 6.14. The average molecular weight is 510 g/mol. The molecule has 1 fully saturated rings. The SMILES string of the molecule is O=C(NOC1OC(C(=O)O)C(O)C(O)C1O)c1ccc(C2=NC3=C(C=CCC3)OC3=C2CCC=C3)cc1. The number of benzene rings is 1. The summed E-state index contributed by atoms with van der Waals surface area (Å²) in [6.45, 7) is 0. The Labute approximate surface area is 211 Å². The van der Waals surface area contributed by atoms with Crippen molar-refractivity contribution in [2.24, 2.45) is 4.99 Å². The maximum absolute atomic E-state index is 12.6. The van der Waals surface area contributed by atoms with E-state index < -0.39 is 42.6 Å². The number of hydroxylamine groups is 1. The maximum atomic E-state index is 12.6. The second kappa shape index (κ2) is 10.4. The van der Waals surface area contributed by atoms with E-state index in [1.54, 1.807) is 24.3 Å². The van der Waals surface area contributed by atoms with Crippen LogP contribution in [-0.4, -0.2) is 68.7 Å². The number of amides is 1. The minimum atomic E-state index is -1.86. The fraction of sp³-hybridized carbons (Fsp3) is 0.346. The molecule has 1 amide bonds. The van der Waals surface area contributed by atoms with Gasteiger partial charge in [-0.1, -0.05) is 24.3 Å². The van der Waals surface area contributed by atoms with Gasteiger partial charge in [0.05, 0.1) is 11.4 Å². The van der Waals surface area contributed by atoms with E-state index in [2.05, 4.69) is 17.6 Å². The van der Waals surface area contributed by atoms with Crippen LogP contribution in [0.15, 0.2) is 76.4 Å². The monoisotopic (exact) mass is 510 g/mol. The lowest BCUT2D eigenvalue weighted by molar-refractivity contribution is -0.304. The van der Waals surface area contributed by atoms with Crippen molar-refractivity contribution in [2.75, 3.05) is 0 Å². The summed E-state index contributed by atoms with van der Waals surface area (Å²) in [6, 6.07) is 6.67. The largest absolute Gasteiger partial charge is 0.479 e. The number of nitrogens with one attached hydrogen (secondary N) is 1. The van der Waals surface area contributed by atoms with Gasteiger partial charge in [0.15, 0.2) is 6.10 Å². The van der Waals surface area contributed by atoms with Gasteiger partial charge in [-0.25, -0.2) is 20.1 Å². The molecule has 0 aromatic heterocycles. The Morgan fingerprint density at radius 2 is 1.65 bits per heavy atom. The molecule has 194 valence electrons. The van der Waals surface area contributed by atoms with Gasteiger partial charge in [0.1, 0.15) is 29.8 Å². The van der Waals surface area contributed by atoms with Crippen molar-refractivity contribution < 1.29 is 44.3 Å². The number of nitrogens with zero attached hydrogens (tertiary/aromatic N) is 1. The van der Waals surface area contributed by atoms with Crippen LogP contribution < -0.4 is 5.48 Å². The van der Waals surface area contributed by atoms with E-state index in [1.807, 2.05) is 12.2 Å². The number of ether oxygens (including phenoxy) is 2. The number of allylic oxidation sites excluding steroid dienone is 6. The normalized spacial score (nSPS) is 29.1. The van der Waals surface area contributed by atoms with E-state index in [9.17, 15) is 24.9 Å². The van der Waals surface area contributed by atoms with Crippen molar-refractivity contribution in [2.45, 2.75) is 56.4 Å². The van der Waals surface area contributed by atoms with E-state index in [0.717, 1.165) is 59.7 Å². The summed E-state index contributed by atoms with van der Waals surface area (Å²) in [5.74, 6) is -0.748. The van der Waals surface area contributed by atoms with E-state index in [-0.39, 0.29) is 5.56 Å². The van der Waals surface area contributed by atoms with Crippen LogP contribution in [0.4, 0.5) is 0 Å². The number of aliphatic imine (C=N–C) groups is 1. The molecule has 0 bridgehead atoms. The molecule has 5 N–H and O–H groups in total. The molecule has 1 aromatic rings. The van der Waals surface area contributed by atoms with Gasteiger partial charge >= 0.3 is 5.97 Å².